The van der Waals surface area contributed by atoms with E-state index in [1.54, 1.807) is 6.07 Å². The summed E-state index contributed by atoms with van der Waals surface area (Å²) < 4.78 is 25.4. The van der Waals surface area contributed by atoms with Gasteiger partial charge in [-0.1, -0.05) is 12.1 Å². The lowest BCUT2D eigenvalue weighted by atomic mass is 9.72. The minimum Gasteiger partial charge on any atom is -0.381 e. The molecule has 3 fully saturated rings. The Morgan fingerprint density at radius 1 is 1.13 bits per heavy atom. The molecule has 166 valence electrons. The lowest BCUT2D eigenvalue weighted by molar-refractivity contribution is -0.143. The van der Waals surface area contributed by atoms with Crippen LogP contribution in [0.5, 0.6) is 0 Å². The lowest BCUT2D eigenvalue weighted by Gasteiger charge is -2.43. The molecule has 0 radical (unpaired) electrons. The van der Waals surface area contributed by atoms with Crippen molar-refractivity contribution < 1.29 is 18.7 Å². The largest absolute Gasteiger partial charge is 0.381 e. The number of rotatable bonds is 4. The third kappa shape index (κ3) is 4.71. The third-order valence-corrected chi connectivity index (χ3v) is 7.05. The molecular weight excluding hydrogens is 383 g/mol. The van der Waals surface area contributed by atoms with Gasteiger partial charge in [0.1, 0.15) is 5.82 Å². The van der Waals surface area contributed by atoms with Crippen molar-refractivity contribution in [3.8, 4) is 0 Å². The molecule has 3 saturated heterocycles. The zero-order valence-corrected chi connectivity index (χ0v) is 18.3. The van der Waals surface area contributed by atoms with Crippen molar-refractivity contribution in [2.45, 2.75) is 57.2 Å². The first-order valence-corrected chi connectivity index (χ1v) is 11.5. The van der Waals surface area contributed by atoms with Gasteiger partial charge >= 0.3 is 0 Å². The summed E-state index contributed by atoms with van der Waals surface area (Å²) in [6.07, 6.45) is 3.88. The number of likely N-dealkylation sites (tertiary alicyclic amines) is 1. The van der Waals surface area contributed by atoms with E-state index in [0.29, 0.717) is 32.0 Å². The summed E-state index contributed by atoms with van der Waals surface area (Å²) in [6.45, 7) is 10.0. The van der Waals surface area contributed by atoms with Crippen molar-refractivity contribution in [1.82, 2.24) is 9.80 Å². The molecule has 0 bridgehead atoms. The molecule has 3 heterocycles. The Hall–Kier alpha value is -1.50. The molecule has 2 unspecified atom stereocenters. The van der Waals surface area contributed by atoms with Crippen molar-refractivity contribution in [3.63, 3.8) is 0 Å². The van der Waals surface area contributed by atoms with Gasteiger partial charge in [-0.3, -0.25) is 9.69 Å². The van der Waals surface area contributed by atoms with E-state index in [4.69, 9.17) is 9.47 Å². The van der Waals surface area contributed by atoms with Crippen LogP contribution in [-0.4, -0.2) is 73.9 Å². The van der Waals surface area contributed by atoms with Gasteiger partial charge in [0.15, 0.2) is 0 Å². The van der Waals surface area contributed by atoms with Crippen LogP contribution in [0.25, 0.3) is 0 Å². The molecule has 0 aromatic heterocycles. The minimum absolute atomic E-state index is 0.156. The van der Waals surface area contributed by atoms with Gasteiger partial charge in [-0.25, -0.2) is 4.39 Å². The van der Waals surface area contributed by atoms with E-state index in [0.717, 1.165) is 51.1 Å². The molecule has 30 heavy (non-hydrogen) atoms. The quantitative estimate of drug-likeness (QED) is 0.753. The summed E-state index contributed by atoms with van der Waals surface area (Å²) >= 11 is 0. The maximum atomic E-state index is 14.0. The van der Waals surface area contributed by atoms with Gasteiger partial charge in [0.2, 0.25) is 5.91 Å². The SMILES string of the molecule is CC1CN(CC2CCN(C(=O)C3(c4cccc(F)c4)CCOCC3)CC2)CC(C)O1. The molecule has 0 spiro atoms. The summed E-state index contributed by atoms with van der Waals surface area (Å²) in [7, 11) is 0. The second-order valence-electron chi connectivity index (χ2n) is 9.42. The van der Waals surface area contributed by atoms with Crippen molar-refractivity contribution in [2.75, 3.05) is 45.9 Å². The first kappa shape index (κ1) is 21.7. The van der Waals surface area contributed by atoms with Crippen molar-refractivity contribution in [2.24, 2.45) is 5.92 Å². The summed E-state index contributed by atoms with van der Waals surface area (Å²) in [5.74, 6) is 0.494. The summed E-state index contributed by atoms with van der Waals surface area (Å²) in [5.41, 5.74) is 0.150. The average molecular weight is 419 g/mol. The van der Waals surface area contributed by atoms with E-state index < -0.39 is 5.41 Å². The smallest absolute Gasteiger partial charge is 0.233 e. The molecule has 0 N–H and O–H groups in total. The Labute approximate surface area is 179 Å². The van der Waals surface area contributed by atoms with Crippen molar-refractivity contribution in [1.29, 1.82) is 0 Å². The van der Waals surface area contributed by atoms with E-state index in [1.807, 2.05) is 11.0 Å². The predicted octanol–water partition coefficient (Wildman–Crippen LogP) is 3.22. The van der Waals surface area contributed by atoms with E-state index in [-0.39, 0.29) is 23.9 Å². The molecule has 3 aliphatic rings. The molecule has 3 aliphatic heterocycles. The second kappa shape index (κ2) is 9.33. The van der Waals surface area contributed by atoms with Gasteiger partial charge in [0, 0.05) is 45.9 Å². The molecule has 1 aromatic carbocycles. The molecule has 5 nitrogen and oxygen atoms in total. The zero-order chi connectivity index (χ0) is 21.1. The molecule has 1 aromatic rings. The monoisotopic (exact) mass is 418 g/mol. The van der Waals surface area contributed by atoms with Crippen LogP contribution in [0.15, 0.2) is 24.3 Å². The van der Waals surface area contributed by atoms with E-state index in [2.05, 4.69) is 18.7 Å². The maximum Gasteiger partial charge on any atom is 0.233 e. The Morgan fingerprint density at radius 2 is 1.80 bits per heavy atom. The lowest BCUT2D eigenvalue weighted by Crippen LogP contribution is -2.53. The number of carbonyl (C=O) groups excluding carboxylic acids is 1. The fourth-order valence-electron chi connectivity index (χ4n) is 5.55. The van der Waals surface area contributed by atoms with Gasteiger partial charge in [-0.2, -0.15) is 0 Å². The number of amides is 1. The van der Waals surface area contributed by atoms with Crippen LogP contribution in [0, 0.1) is 11.7 Å². The number of hydrogen-bond acceptors (Lipinski definition) is 4. The standard InChI is InChI=1S/C24H35FN2O3/c1-18-15-26(16-19(2)30-18)17-20-6-10-27(11-7-20)23(28)24(8-12-29-13-9-24)21-4-3-5-22(25)14-21/h3-5,14,18-20H,6-13,15-17H2,1-2H3. The Kier molecular flexibility index (Phi) is 6.75. The molecule has 2 atom stereocenters. The van der Waals surface area contributed by atoms with Gasteiger partial charge < -0.3 is 14.4 Å². The highest BCUT2D eigenvalue weighted by molar-refractivity contribution is 5.88. The van der Waals surface area contributed by atoms with Gasteiger partial charge in [-0.05, 0) is 63.1 Å². The number of nitrogens with zero attached hydrogens (tertiary/aromatic N) is 2. The van der Waals surface area contributed by atoms with E-state index >= 15 is 0 Å². The van der Waals surface area contributed by atoms with Crippen molar-refractivity contribution in [3.05, 3.63) is 35.6 Å². The van der Waals surface area contributed by atoms with E-state index in [9.17, 15) is 9.18 Å². The number of ether oxygens (including phenoxy) is 2. The second-order valence-corrected chi connectivity index (χ2v) is 9.42. The molecule has 6 heteroatoms. The van der Waals surface area contributed by atoms with Crippen LogP contribution in [0.3, 0.4) is 0 Å². The van der Waals surface area contributed by atoms with Gasteiger partial charge in [0.25, 0.3) is 0 Å². The van der Waals surface area contributed by atoms with Crippen LogP contribution < -0.4 is 0 Å². The van der Waals surface area contributed by atoms with Crippen LogP contribution >= 0.6 is 0 Å². The molecular formula is C24H35FN2O3. The first-order chi connectivity index (χ1) is 14.5. The summed E-state index contributed by atoms with van der Waals surface area (Å²) in [6, 6.07) is 6.60. The van der Waals surface area contributed by atoms with Gasteiger partial charge in [0.05, 0.1) is 17.6 Å². The average Bonchev–Trinajstić information content (AvgIpc) is 2.73. The number of benzene rings is 1. The molecule has 0 aliphatic carbocycles. The van der Waals surface area contributed by atoms with Crippen LogP contribution in [0.4, 0.5) is 4.39 Å². The summed E-state index contributed by atoms with van der Waals surface area (Å²) in [5, 5.41) is 0. The molecule has 0 saturated carbocycles. The van der Waals surface area contributed by atoms with Gasteiger partial charge in [-0.15, -0.1) is 0 Å². The highest BCUT2D eigenvalue weighted by Gasteiger charge is 2.45. The summed E-state index contributed by atoms with van der Waals surface area (Å²) in [4.78, 5) is 18.2. The normalized spacial score (nSPS) is 28.4. The highest BCUT2D eigenvalue weighted by atomic mass is 19.1. The highest BCUT2D eigenvalue weighted by Crippen LogP contribution is 2.38. The van der Waals surface area contributed by atoms with Crippen LogP contribution in [0.1, 0.15) is 45.1 Å². The first-order valence-electron chi connectivity index (χ1n) is 11.5. The Balaban J connectivity index is 1.40. The zero-order valence-electron chi connectivity index (χ0n) is 18.3. The predicted molar refractivity (Wildman–Crippen MR) is 114 cm³/mol. The van der Waals surface area contributed by atoms with Crippen LogP contribution in [-0.2, 0) is 19.7 Å². The number of halogens is 1. The van der Waals surface area contributed by atoms with Crippen molar-refractivity contribution >= 4 is 5.91 Å². The molecule has 1 amide bonds. The fraction of sp³-hybridized carbons (Fsp3) is 0.708. The Morgan fingerprint density at radius 3 is 2.43 bits per heavy atom. The molecule has 4 rings (SSSR count). The minimum atomic E-state index is -0.651. The van der Waals surface area contributed by atoms with E-state index in [1.165, 1.54) is 12.1 Å². The Bertz CT molecular complexity index is 719. The number of carbonyl (C=O) groups is 1. The maximum absolute atomic E-state index is 14.0. The van der Waals surface area contributed by atoms with Crippen LogP contribution in [0.2, 0.25) is 0 Å². The third-order valence-electron chi connectivity index (χ3n) is 7.05. The number of morpholine rings is 1. The number of hydrogen-bond donors (Lipinski definition) is 0. The topological polar surface area (TPSA) is 42.0 Å². The fourth-order valence-corrected chi connectivity index (χ4v) is 5.55. The number of piperidine rings is 1.